The summed E-state index contributed by atoms with van der Waals surface area (Å²) in [5.41, 5.74) is 3.75. The van der Waals surface area contributed by atoms with Gasteiger partial charge in [-0.2, -0.15) is 0 Å². The molecule has 0 unspecified atom stereocenters. The van der Waals surface area contributed by atoms with Gasteiger partial charge in [0.15, 0.2) is 23.0 Å². The topological polar surface area (TPSA) is 44.2 Å². The van der Waals surface area contributed by atoms with E-state index in [0.29, 0.717) is 23.0 Å². The molecule has 0 saturated heterocycles. The van der Waals surface area contributed by atoms with Crippen molar-refractivity contribution in [3.8, 4) is 45.5 Å². The van der Waals surface area contributed by atoms with Gasteiger partial charge in [-0.3, -0.25) is 0 Å². The molecule has 5 aromatic rings. The number of nitrogens with zero attached hydrogens (tertiary/aromatic N) is 2. The van der Waals surface area contributed by atoms with Gasteiger partial charge in [0.25, 0.3) is 0 Å². The van der Waals surface area contributed by atoms with Crippen LogP contribution in [-0.4, -0.2) is 9.97 Å². The quantitative estimate of drug-likeness (QED) is 0.199. The van der Waals surface area contributed by atoms with E-state index in [9.17, 15) is 0 Å². The zero-order valence-corrected chi connectivity index (χ0v) is 19.8. The maximum atomic E-state index is 5.86. The van der Waals surface area contributed by atoms with Crippen LogP contribution in [0, 0.1) is 12.1 Å². The summed E-state index contributed by atoms with van der Waals surface area (Å²) in [4.78, 5) is 8.62. The van der Waals surface area contributed by atoms with Gasteiger partial charge >= 0.3 is 0 Å². The Morgan fingerprint density at radius 3 is 1.76 bits per heavy atom. The van der Waals surface area contributed by atoms with Gasteiger partial charge in [-0.25, -0.2) is 0 Å². The van der Waals surface area contributed by atoms with Crippen molar-refractivity contribution in [2.75, 3.05) is 0 Å². The smallest absolute Gasteiger partial charge is 0.186 e. The van der Waals surface area contributed by atoms with Gasteiger partial charge in [0.1, 0.15) is 0 Å². The van der Waals surface area contributed by atoms with Crippen molar-refractivity contribution in [3.05, 3.63) is 122 Å². The van der Waals surface area contributed by atoms with E-state index in [4.69, 9.17) is 9.47 Å². The third kappa shape index (κ3) is 5.35. The van der Waals surface area contributed by atoms with Gasteiger partial charge in [0, 0.05) is 26.3 Å². The molecule has 0 N–H and O–H groups in total. The van der Waals surface area contributed by atoms with Gasteiger partial charge in [-0.15, -0.1) is 71.8 Å². The molecule has 0 amide bonds. The number of pyridine rings is 2. The first-order valence-electron chi connectivity index (χ1n) is 10.2. The molecule has 5 heteroatoms. The number of para-hydroxylation sites is 2. The van der Waals surface area contributed by atoms with Gasteiger partial charge in [-0.1, -0.05) is 24.3 Å². The summed E-state index contributed by atoms with van der Waals surface area (Å²) in [5.74, 6) is 2.73. The third-order valence-corrected chi connectivity index (χ3v) is 4.76. The van der Waals surface area contributed by atoms with Crippen LogP contribution in [0.3, 0.4) is 0 Å². The first-order chi connectivity index (χ1) is 15.9. The molecule has 1 aliphatic heterocycles. The summed E-state index contributed by atoms with van der Waals surface area (Å²) in [6, 6.07) is 37.1. The predicted molar refractivity (Wildman–Crippen MR) is 124 cm³/mol. The average molecular weight is 607 g/mol. The summed E-state index contributed by atoms with van der Waals surface area (Å²) < 4.78 is 11.6. The van der Waals surface area contributed by atoms with Crippen LogP contribution >= 0.6 is 0 Å². The fraction of sp³-hybridized carbons (Fsp3) is 0. The summed E-state index contributed by atoms with van der Waals surface area (Å²) in [6.45, 7) is 0. The zero-order valence-electron chi connectivity index (χ0n) is 17.4. The Morgan fingerprint density at radius 2 is 1.15 bits per heavy atom. The molecule has 0 bridgehead atoms. The first-order valence-corrected chi connectivity index (χ1v) is 10.2. The summed E-state index contributed by atoms with van der Waals surface area (Å²) >= 11 is 0. The molecule has 4 nitrogen and oxygen atoms in total. The van der Waals surface area contributed by atoms with Crippen molar-refractivity contribution in [1.82, 2.24) is 9.97 Å². The van der Waals surface area contributed by atoms with Crippen molar-refractivity contribution in [3.63, 3.8) is 0 Å². The molecular weight excluding hydrogens is 589 g/mol. The number of rotatable bonds is 2. The minimum absolute atomic E-state index is 0. The molecule has 0 aliphatic carbocycles. The molecule has 0 spiro atoms. The van der Waals surface area contributed by atoms with E-state index in [2.05, 4.69) is 22.1 Å². The minimum Gasteiger partial charge on any atom is -0.450 e. The van der Waals surface area contributed by atoms with E-state index >= 15 is 0 Å². The Balaban J connectivity index is 0.000000172. The Kier molecular flexibility index (Phi) is 7.25. The normalized spacial score (nSPS) is 10.7. The molecular formula is C28H18IrN2O2-2. The van der Waals surface area contributed by atoms with Crippen LogP contribution in [0.5, 0.6) is 23.0 Å². The second kappa shape index (κ2) is 10.7. The number of aromatic nitrogens is 2. The number of hydrogen-bond donors (Lipinski definition) is 0. The Morgan fingerprint density at radius 1 is 0.545 bits per heavy atom. The summed E-state index contributed by atoms with van der Waals surface area (Å²) in [7, 11) is 0. The molecule has 0 atom stereocenters. The van der Waals surface area contributed by atoms with Crippen LogP contribution in [0.25, 0.3) is 22.5 Å². The molecule has 6 rings (SSSR count). The summed E-state index contributed by atoms with van der Waals surface area (Å²) in [5, 5.41) is 0. The Hall–Kier alpha value is -3.79. The number of benzene rings is 3. The Labute approximate surface area is 206 Å². The first kappa shape index (κ1) is 22.4. The van der Waals surface area contributed by atoms with Crippen molar-refractivity contribution in [2.45, 2.75) is 0 Å². The summed E-state index contributed by atoms with van der Waals surface area (Å²) in [6.07, 6.45) is 3.47. The minimum atomic E-state index is 0. The molecule has 1 radical (unpaired) electrons. The Bertz CT molecular complexity index is 1280. The van der Waals surface area contributed by atoms with Crippen LogP contribution in [0.1, 0.15) is 0 Å². The molecule has 163 valence electrons. The van der Waals surface area contributed by atoms with Gasteiger partial charge in [-0.05, 0) is 35.7 Å². The number of ether oxygens (including phenoxy) is 2. The fourth-order valence-electron chi connectivity index (χ4n) is 3.21. The van der Waals surface area contributed by atoms with Crippen LogP contribution in [0.15, 0.2) is 109 Å². The van der Waals surface area contributed by atoms with Crippen molar-refractivity contribution >= 4 is 0 Å². The van der Waals surface area contributed by atoms with Crippen molar-refractivity contribution in [2.24, 2.45) is 0 Å². The van der Waals surface area contributed by atoms with Crippen molar-refractivity contribution < 1.29 is 29.6 Å². The monoisotopic (exact) mass is 607 g/mol. The van der Waals surface area contributed by atoms with Crippen LogP contribution in [0.2, 0.25) is 0 Å². The average Bonchev–Trinajstić information content (AvgIpc) is 2.89. The maximum Gasteiger partial charge on any atom is 0.186 e. The van der Waals surface area contributed by atoms with Crippen LogP contribution < -0.4 is 9.47 Å². The van der Waals surface area contributed by atoms with E-state index in [1.54, 1.807) is 12.4 Å². The second-order valence-corrected chi connectivity index (χ2v) is 6.93. The number of fused-ring (bicyclic) bond motifs is 2. The van der Waals surface area contributed by atoms with E-state index in [0.717, 1.165) is 22.5 Å². The van der Waals surface area contributed by atoms with E-state index < -0.39 is 0 Å². The molecule has 0 saturated carbocycles. The largest absolute Gasteiger partial charge is 0.450 e. The van der Waals surface area contributed by atoms with Crippen molar-refractivity contribution in [1.29, 1.82) is 0 Å². The van der Waals surface area contributed by atoms with Gasteiger partial charge < -0.3 is 19.4 Å². The molecule has 33 heavy (non-hydrogen) atoms. The molecule has 2 aromatic heterocycles. The predicted octanol–water partition coefficient (Wildman–Crippen LogP) is 6.99. The SMILES string of the molecule is [Ir].[c-]1ccccc1-c1cc2c(cn1)Oc1ccccc1O2.[c-]1ccccc1-c1ccccn1. The second-order valence-electron chi connectivity index (χ2n) is 6.93. The fourth-order valence-corrected chi connectivity index (χ4v) is 3.21. The maximum absolute atomic E-state index is 5.86. The van der Waals surface area contributed by atoms with Gasteiger partial charge in [0.2, 0.25) is 0 Å². The van der Waals surface area contributed by atoms with E-state index in [1.165, 1.54) is 0 Å². The van der Waals surface area contributed by atoms with Crippen LogP contribution in [0.4, 0.5) is 0 Å². The zero-order chi connectivity index (χ0) is 21.6. The third-order valence-electron chi connectivity index (χ3n) is 4.76. The molecule has 0 fully saturated rings. The molecule has 3 heterocycles. The number of hydrogen-bond acceptors (Lipinski definition) is 4. The van der Waals surface area contributed by atoms with Crippen LogP contribution in [-0.2, 0) is 20.1 Å². The molecule has 1 aliphatic rings. The van der Waals surface area contributed by atoms with Gasteiger partial charge in [0.05, 0.1) is 6.20 Å². The van der Waals surface area contributed by atoms with E-state index in [1.807, 2.05) is 97.1 Å². The standard InChI is InChI=1S/C17H10NO2.C11H8N.Ir/c1-2-6-12(7-3-1)13-10-16-17(11-18-13)20-15-9-5-4-8-14(15)19-16;1-2-6-10(7-3-1)11-8-4-5-9-12-11;/h1-6,8-11H;1-6,8-9H;/q2*-1;. The van der Waals surface area contributed by atoms with E-state index in [-0.39, 0.29) is 20.1 Å². The molecule has 3 aromatic carbocycles.